The van der Waals surface area contributed by atoms with Crippen LogP contribution in [-0.2, 0) is 0 Å². The Hall–Kier alpha value is -2.10. The van der Waals surface area contributed by atoms with Crippen molar-refractivity contribution in [2.45, 2.75) is 26.7 Å². The summed E-state index contributed by atoms with van der Waals surface area (Å²) in [5.41, 5.74) is 6.77. The molecule has 110 valence electrons. The van der Waals surface area contributed by atoms with Crippen LogP contribution in [0.25, 0.3) is 10.8 Å². The van der Waals surface area contributed by atoms with Crippen molar-refractivity contribution < 1.29 is 4.79 Å². The quantitative estimate of drug-likeness (QED) is 0.906. The summed E-state index contributed by atoms with van der Waals surface area (Å²) in [5.74, 6) is 0.993. The highest BCUT2D eigenvalue weighted by Gasteiger charge is 2.45. The smallest absolute Gasteiger partial charge is 0.253 e. The van der Waals surface area contributed by atoms with Crippen LogP contribution in [-0.4, -0.2) is 17.4 Å². The minimum absolute atomic E-state index is 0.0642. The number of amides is 1. The Labute approximate surface area is 124 Å². The van der Waals surface area contributed by atoms with Crippen LogP contribution in [0.3, 0.4) is 0 Å². The lowest BCUT2D eigenvalue weighted by atomic mass is 9.92. The van der Waals surface area contributed by atoms with Gasteiger partial charge in [0.05, 0.1) is 5.56 Å². The van der Waals surface area contributed by atoms with Gasteiger partial charge in [0.15, 0.2) is 0 Å². The summed E-state index contributed by atoms with van der Waals surface area (Å²) >= 11 is 0. The number of hydrogen-bond acceptors (Lipinski definition) is 3. The molecule has 2 aromatic rings. The summed E-state index contributed by atoms with van der Waals surface area (Å²) in [6, 6.07) is 7.62. The number of rotatable bonds is 4. The van der Waals surface area contributed by atoms with Crippen molar-refractivity contribution in [2.24, 2.45) is 11.3 Å². The van der Waals surface area contributed by atoms with Gasteiger partial charge in [0, 0.05) is 18.1 Å². The second kappa shape index (κ2) is 5.02. The highest BCUT2D eigenvalue weighted by molar-refractivity contribution is 6.08. The number of nitrogens with zero attached hydrogens (tertiary/aromatic N) is 1. The first-order valence-corrected chi connectivity index (χ1v) is 7.45. The molecular weight excluding hydrogens is 262 g/mol. The average Bonchev–Trinajstić information content (AvgIpc) is 3.27. The number of nitrogen functional groups attached to an aromatic ring is 1. The average molecular weight is 283 g/mol. The second-order valence-electron chi connectivity index (χ2n) is 6.30. The molecule has 0 unspecified atom stereocenters. The maximum Gasteiger partial charge on any atom is 0.253 e. The number of nitrogens with one attached hydrogen (secondary N) is 1. The van der Waals surface area contributed by atoms with E-state index in [4.69, 9.17) is 5.73 Å². The molecule has 1 aromatic carbocycles. The van der Waals surface area contributed by atoms with Crippen molar-refractivity contribution in [1.29, 1.82) is 0 Å². The van der Waals surface area contributed by atoms with E-state index in [1.54, 1.807) is 6.20 Å². The van der Waals surface area contributed by atoms with Crippen molar-refractivity contribution in [2.75, 3.05) is 12.3 Å². The van der Waals surface area contributed by atoms with E-state index in [0.29, 0.717) is 22.7 Å². The van der Waals surface area contributed by atoms with E-state index in [1.165, 1.54) is 12.8 Å². The molecule has 1 aliphatic rings. The number of nitrogens with two attached hydrogens (primary N) is 1. The van der Waals surface area contributed by atoms with Crippen molar-refractivity contribution >= 4 is 22.5 Å². The molecule has 1 heterocycles. The van der Waals surface area contributed by atoms with E-state index in [9.17, 15) is 4.79 Å². The lowest BCUT2D eigenvalue weighted by Crippen LogP contribution is -2.32. The third-order valence-electron chi connectivity index (χ3n) is 4.79. The molecule has 21 heavy (non-hydrogen) atoms. The SMILES string of the molecule is CC(C)C1(CNC(=O)c2cnc(N)c3ccccc23)CC1. The standard InChI is InChI=1S/C17H21N3O/c1-11(2)17(7-8-17)10-20-16(21)14-9-19-15(18)13-6-4-3-5-12(13)14/h3-6,9,11H,7-8,10H2,1-2H3,(H2,18,19)(H,20,21). The Balaban J connectivity index is 1.84. The summed E-state index contributed by atoms with van der Waals surface area (Å²) in [7, 11) is 0. The molecule has 0 spiro atoms. The van der Waals surface area contributed by atoms with E-state index in [-0.39, 0.29) is 5.91 Å². The minimum Gasteiger partial charge on any atom is -0.383 e. The number of fused-ring (bicyclic) bond motifs is 1. The number of carbonyl (C=O) groups excluding carboxylic acids is 1. The number of benzene rings is 1. The van der Waals surface area contributed by atoms with Gasteiger partial charge < -0.3 is 11.1 Å². The van der Waals surface area contributed by atoms with Gasteiger partial charge >= 0.3 is 0 Å². The van der Waals surface area contributed by atoms with Crippen LogP contribution in [0, 0.1) is 11.3 Å². The predicted octanol–water partition coefficient (Wildman–Crippen LogP) is 2.98. The van der Waals surface area contributed by atoms with E-state index >= 15 is 0 Å². The Morgan fingerprint density at radius 3 is 2.62 bits per heavy atom. The number of pyridine rings is 1. The lowest BCUT2D eigenvalue weighted by molar-refractivity contribution is 0.0941. The van der Waals surface area contributed by atoms with Crippen LogP contribution in [0.15, 0.2) is 30.5 Å². The molecule has 1 aromatic heterocycles. The van der Waals surface area contributed by atoms with Gasteiger partial charge in [-0.05, 0) is 29.6 Å². The van der Waals surface area contributed by atoms with Crippen molar-refractivity contribution in [3.8, 4) is 0 Å². The van der Waals surface area contributed by atoms with Gasteiger partial charge in [-0.2, -0.15) is 0 Å². The van der Waals surface area contributed by atoms with E-state index < -0.39 is 0 Å². The summed E-state index contributed by atoms with van der Waals surface area (Å²) in [6.07, 6.45) is 3.97. The highest BCUT2D eigenvalue weighted by Crippen LogP contribution is 2.51. The Morgan fingerprint density at radius 2 is 2.00 bits per heavy atom. The molecule has 0 radical (unpaired) electrons. The zero-order chi connectivity index (χ0) is 15.0. The monoisotopic (exact) mass is 283 g/mol. The Kier molecular flexibility index (Phi) is 3.32. The van der Waals surface area contributed by atoms with Crippen LogP contribution in [0.2, 0.25) is 0 Å². The summed E-state index contributed by atoms with van der Waals surface area (Å²) in [5, 5.41) is 4.76. The summed E-state index contributed by atoms with van der Waals surface area (Å²) in [6.45, 7) is 5.18. The van der Waals surface area contributed by atoms with Gasteiger partial charge in [-0.1, -0.05) is 38.1 Å². The van der Waals surface area contributed by atoms with Gasteiger partial charge in [0.1, 0.15) is 5.82 Å². The Morgan fingerprint density at radius 1 is 1.33 bits per heavy atom. The van der Waals surface area contributed by atoms with Crippen LogP contribution < -0.4 is 11.1 Å². The lowest BCUT2D eigenvalue weighted by Gasteiger charge is -2.20. The first-order chi connectivity index (χ1) is 10.0. The Bertz CT molecular complexity index is 689. The molecule has 1 saturated carbocycles. The van der Waals surface area contributed by atoms with Crippen molar-refractivity contribution in [1.82, 2.24) is 10.3 Å². The normalized spacial score (nSPS) is 16.1. The van der Waals surface area contributed by atoms with Gasteiger partial charge in [-0.15, -0.1) is 0 Å². The van der Waals surface area contributed by atoms with Crippen LogP contribution in [0.1, 0.15) is 37.0 Å². The topological polar surface area (TPSA) is 68.0 Å². The molecule has 1 amide bonds. The fourth-order valence-electron chi connectivity index (χ4n) is 2.87. The maximum absolute atomic E-state index is 12.5. The fraction of sp³-hybridized carbons (Fsp3) is 0.412. The molecule has 0 aliphatic heterocycles. The molecule has 4 nitrogen and oxygen atoms in total. The molecule has 1 fully saturated rings. The van der Waals surface area contributed by atoms with Crippen LogP contribution in [0.5, 0.6) is 0 Å². The zero-order valence-electron chi connectivity index (χ0n) is 12.5. The number of anilines is 1. The first-order valence-electron chi connectivity index (χ1n) is 7.45. The molecular formula is C17H21N3O. The van der Waals surface area contributed by atoms with Gasteiger partial charge in [-0.3, -0.25) is 4.79 Å². The van der Waals surface area contributed by atoms with Gasteiger partial charge in [-0.25, -0.2) is 4.98 Å². The molecule has 4 heteroatoms. The third-order valence-corrected chi connectivity index (χ3v) is 4.79. The number of carbonyl (C=O) groups is 1. The minimum atomic E-state index is -0.0642. The van der Waals surface area contributed by atoms with Crippen LogP contribution >= 0.6 is 0 Å². The highest BCUT2D eigenvalue weighted by atomic mass is 16.1. The van der Waals surface area contributed by atoms with E-state index in [2.05, 4.69) is 24.1 Å². The molecule has 3 rings (SSSR count). The molecule has 3 N–H and O–H groups in total. The molecule has 0 saturated heterocycles. The third kappa shape index (κ3) is 2.46. The molecule has 0 bridgehead atoms. The maximum atomic E-state index is 12.5. The van der Waals surface area contributed by atoms with Crippen molar-refractivity contribution in [3.63, 3.8) is 0 Å². The van der Waals surface area contributed by atoms with Gasteiger partial charge in [0.25, 0.3) is 5.91 Å². The molecule has 0 atom stereocenters. The predicted molar refractivity (Wildman–Crippen MR) is 85.0 cm³/mol. The number of aromatic nitrogens is 1. The molecule has 1 aliphatic carbocycles. The van der Waals surface area contributed by atoms with E-state index in [1.807, 2.05) is 24.3 Å². The summed E-state index contributed by atoms with van der Waals surface area (Å²) in [4.78, 5) is 16.6. The van der Waals surface area contributed by atoms with E-state index in [0.717, 1.165) is 17.3 Å². The second-order valence-corrected chi connectivity index (χ2v) is 6.30. The number of hydrogen-bond donors (Lipinski definition) is 2. The largest absolute Gasteiger partial charge is 0.383 e. The zero-order valence-corrected chi connectivity index (χ0v) is 12.5. The van der Waals surface area contributed by atoms with Crippen molar-refractivity contribution in [3.05, 3.63) is 36.0 Å². The fourth-order valence-corrected chi connectivity index (χ4v) is 2.87. The van der Waals surface area contributed by atoms with Crippen LogP contribution in [0.4, 0.5) is 5.82 Å². The summed E-state index contributed by atoms with van der Waals surface area (Å²) < 4.78 is 0. The van der Waals surface area contributed by atoms with Gasteiger partial charge in [0.2, 0.25) is 0 Å². The first kappa shape index (κ1) is 13.9.